The Labute approximate surface area is 129 Å². The van der Waals surface area contributed by atoms with Crippen LogP contribution in [0.3, 0.4) is 0 Å². The summed E-state index contributed by atoms with van der Waals surface area (Å²) in [5, 5.41) is 10.6. The maximum Gasteiger partial charge on any atom is 0.161 e. The average Bonchev–Trinajstić information content (AvgIpc) is 2.97. The molecular weight excluding hydrogens is 284 g/mol. The zero-order valence-corrected chi connectivity index (χ0v) is 12.8. The van der Waals surface area contributed by atoms with Gasteiger partial charge in [0, 0.05) is 15.8 Å². The van der Waals surface area contributed by atoms with E-state index in [1.807, 2.05) is 35.7 Å². The van der Waals surface area contributed by atoms with Crippen molar-refractivity contribution in [2.24, 2.45) is 0 Å². The van der Waals surface area contributed by atoms with Crippen LogP contribution >= 0.6 is 11.3 Å². The Kier molecular flexibility index (Phi) is 6.14. The van der Waals surface area contributed by atoms with E-state index in [0.717, 1.165) is 28.4 Å². The fraction of sp³-hybridized carbons (Fsp3) is 0.294. The normalized spacial score (nSPS) is 9.81. The van der Waals surface area contributed by atoms with Gasteiger partial charge < -0.3 is 14.6 Å². The standard InChI is InChI=1S/C17H18O3S/c1-2-10-19-16-7-3-4-8-17(16)20-12-15-11-14(13-21-15)6-5-9-18/h3-4,7-8,11,13,18H,2,9-10,12H2,1H3. The summed E-state index contributed by atoms with van der Waals surface area (Å²) in [5.41, 5.74) is 0.906. The molecule has 0 amide bonds. The maximum absolute atomic E-state index is 8.68. The van der Waals surface area contributed by atoms with Crippen LogP contribution in [0.5, 0.6) is 11.5 Å². The molecule has 1 aromatic carbocycles. The molecule has 0 spiro atoms. The van der Waals surface area contributed by atoms with Crippen LogP contribution in [0.2, 0.25) is 0 Å². The van der Waals surface area contributed by atoms with Gasteiger partial charge >= 0.3 is 0 Å². The van der Waals surface area contributed by atoms with Crippen molar-refractivity contribution in [1.29, 1.82) is 0 Å². The molecule has 3 nitrogen and oxygen atoms in total. The summed E-state index contributed by atoms with van der Waals surface area (Å²) in [6.07, 6.45) is 0.964. The van der Waals surface area contributed by atoms with Crippen LogP contribution in [0.4, 0.5) is 0 Å². The minimum Gasteiger partial charge on any atom is -0.490 e. The maximum atomic E-state index is 8.68. The third-order valence-corrected chi connectivity index (χ3v) is 3.56. The molecule has 4 heteroatoms. The van der Waals surface area contributed by atoms with E-state index >= 15 is 0 Å². The Bertz CT molecular complexity index is 622. The summed E-state index contributed by atoms with van der Waals surface area (Å²) < 4.78 is 11.5. The molecule has 21 heavy (non-hydrogen) atoms. The van der Waals surface area contributed by atoms with Gasteiger partial charge in [-0.1, -0.05) is 30.9 Å². The molecule has 0 saturated carbocycles. The minimum atomic E-state index is -0.121. The van der Waals surface area contributed by atoms with Gasteiger partial charge in [0.15, 0.2) is 11.5 Å². The van der Waals surface area contributed by atoms with Gasteiger partial charge in [-0.25, -0.2) is 0 Å². The van der Waals surface area contributed by atoms with Crippen LogP contribution < -0.4 is 9.47 Å². The predicted molar refractivity (Wildman–Crippen MR) is 84.8 cm³/mol. The molecular formula is C17H18O3S. The van der Waals surface area contributed by atoms with Crippen molar-refractivity contribution in [3.63, 3.8) is 0 Å². The van der Waals surface area contributed by atoms with Crippen LogP contribution in [-0.4, -0.2) is 18.3 Å². The highest BCUT2D eigenvalue weighted by Gasteiger charge is 2.05. The van der Waals surface area contributed by atoms with Crippen molar-refractivity contribution in [2.75, 3.05) is 13.2 Å². The quantitative estimate of drug-likeness (QED) is 0.831. The highest BCUT2D eigenvalue weighted by atomic mass is 32.1. The summed E-state index contributed by atoms with van der Waals surface area (Å²) in [4.78, 5) is 1.09. The lowest BCUT2D eigenvalue weighted by atomic mass is 10.3. The molecule has 1 N–H and O–H groups in total. The number of hydrogen-bond donors (Lipinski definition) is 1. The molecule has 2 aromatic rings. The number of thiophene rings is 1. The third kappa shape index (κ3) is 4.82. The second kappa shape index (κ2) is 8.35. The summed E-state index contributed by atoms with van der Waals surface area (Å²) >= 11 is 1.59. The van der Waals surface area contributed by atoms with Crippen LogP contribution in [-0.2, 0) is 6.61 Å². The van der Waals surface area contributed by atoms with Gasteiger partial charge in [0.05, 0.1) is 6.61 Å². The molecule has 110 valence electrons. The molecule has 0 unspecified atom stereocenters. The lowest BCUT2D eigenvalue weighted by molar-refractivity contribution is 0.263. The second-order valence-electron chi connectivity index (χ2n) is 4.35. The fourth-order valence-corrected chi connectivity index (χ4v) is 2.44. The number of rotatable bonds is 6. The van der Waals surface area contributed by atoms with Crippen molar-refractivity contribution >= 4 is 11.3 Å². The predicted octanol–water partition coefficient (Wildman–Crippen LogP) is 3.46. The first-order valence-corrected chi connectivity index (χ1v) is 7.73. The van der Waals surface area contributed by atoms with E-state index < -0.39 is 0 Å². The topological polar surface area (TPSA) is 38.7 Å². The van der Waals surface area contributed by atoms with E-state index in [4.69, 9.17) is 14.6 Å². The number of para-hydroxylation sites is 2. The first kappa shape index (κ1) is 15.4. The van der Waals surface area contributed by atoms with E-state index in [2.05, 4.69) is 18.8 Å². The van der Waals surface area contributed by atoms with Crippen molar-refractivity contribution in [1.82, 2.24) is 0 Å². The van der Waals surface area contributed by atoms with E-state index in [-0.39, 0.29) is 6.61 Å². The van der Waals surface area contributed by atoms with Crippen molar-refractivity contribution < 1.29 is 14.6 Å². The molecule has 0 radical (unpaired) electrons. The third-order valence-electron chi connectivity index (χ3n) is 2.65. The Hall–Kier alpha value is -1.96. The summed E-state index contributed by atoms with van der Waals surface area (Å²) in [6.45, 7) is 3.12. The van der Waals surface area contributed by atoms with Gasteiger partial charge in [-0.05, 0) is 24.6 Å². The molecule has 0 bridgehead atoms. The van der Waals surface area contributed by atoms with Gasteiger partial charge in [-0.15, -0.1) is 11.3 Å². The van der Waals surface area contributed by atoms with Crippen LogP contribution in [0.1, 0.15) is 23.8 Å². The van der Waals surface area contributed by atoms with E-state index in [9.17, 15) is 0 Å². The Morgan fingerprint density at radius 2 is 1.95 bits per heavy atom. The summed E-state index contributed by atoms with van der Waals surface area (Å²) in [5.74, 6) is 7.04. The molecule has 0 saturated heterocycles. The van der Waals surface area contributed by atoms with Gasteiger partial charge in [0.2, 0.25) is 0 Å². The van der Waals surface area contributed by atoms with Crippen LogP contribution in [0, 0.1) is 11.8 Å². The lowest BCUT2D eigenvalue weighted by Crippen LogP contribution is -1.99. The van der Waals surface area contributed by atoms with Crippen LogP contribution in [0.25, 0.3) is 0 Å². The van der Waals surface area contributed by atoms with Crippen molar-refractivity contribution in [2.45, 2.75) is 20.0 Å². The first-order valence-electron chi connectivity index (χ1n) is 6.85. The second-order valence-corrected chi connectivity index (χ2v) is 5.34. The van der Waals surface area contributed by atoms with Gasteiger partial charge in [0.1, 0.15) is 13.2 Å². The number of hydrogen-bond acceptors (Lipinski definition) is 4. The molecule has 2 rings (SSSR count). The summed E-state index contributed by atoms with van der Waals surface area (Å²) in [6, 6.07) is 9.66. The van der Waals surface area contributed by atoms with Crippen molar-refractivity contribution in [3.8, 4) is 23.3 Å². The zero-order chi connectivity index (χ0) is 14.9. The zero-order valence-electron chi connectivity index (χ0n) is 12.0. The average molecular weight is 302 g/mol. The highest BCUT2D eigenvalue weighted by Crippen LogP contribution is 2.28. The van der Waals surface area contributed by atoms with E-state index in [1.54, 1.807) is 11.3 Å². The smallest absolute Gasteiger partial charge is 0.161 e. The number of aliphatic hydroxyl groups is 1. The van der Waals surface area contributed by atoms with E-state index in [1.165, 1.54) is 0 Å². The minimum absolute atomic E-state index is 0.121. The molecule has 1 aromatic heterocycles. The lowest BCUT2D eigenvalue weighted by Gasteiger charge is -2.11. The largest absolute Gasteiger partial charge is 0.490 e. The summed E-state index contributed by atoms with van der Waals surface area (Å²) in [7, 11) is 0. The molecule has 0 aliphatic carbocycles. The van der Waals surface area contributed by atoms with Crippen LogP contribution in [0.15, 0.2) is 35.7 Å². The monoisotopic (exact) mass is 302 g/mol. The molecule has 0 fully saturated rings. The number of benzene rings is 1. The van der Waals surface area contributed by atoms with Gasteiger partial charge in [-0.2, -0.15) is 0 Å². The van der Waals surface area contributed by atoms with Crippen molar-refractivity contribution in [3.05, 3.63) is 46.2 Å². The molecule has 0 aliphatic rings. The van der Waals surface area contributed by atoms with E-state index in [0.29, 0.717) is 13.2 Å². The van der Waals surface area contributed by atoms with Gasteiger partial charge in [0.25, 0.3) is 0 Å². The fourth-order valence-electron chi connectivity index (χ4n) is 1.71. The first-order chi connectivity index (χ1) is 10.3. The van der Waals surface area contributed by atoms with Gasteiger partial charge in [-0.3, -0.25) is 0 Å². The highest BCUT2D eigenvalue weighted by molar-refractivity contribution is 7.10. The Balaban J connectivity index is 1.98. The number of aliphatic hydroxyl groups excluding tert-OH is 1. The molecule has 0 atom stereocenters. The Morgan fingerprint density at radius 3 is 2.67 bits per heavy atom. The number of ether oxygens (including phenoxy) is 2. The molecule has 1 heterocycles. The Morgan fingerprint density at radius 1 is 1.19 bits per heavy atom. The molecule has 0 aliphatic heterocycles. The SMILES string of the molecule is CCCOc1ccccc1OCc1cc(C#CCO)cs1.